The molecule has 1 aromatic carbocycles. The lowest BCUT2D eigenvalue weighted by Crippen LogP contribution is -2.03. The van der Waals surface area contributed by atoms with E-state index < -0.39 is 0 Å². The number of Topliss-reactive ketones (excluding diaryl/α,β-unsaturated/α-hetero) is 1. The number of carbonyl (C=O) groups excluding carboxylic acids is 1. The van der Waals surface area contributed by atoms with Crippen molar-refractivity contribution in [2.45, 2.75) is 20.4 Å². The summed E-state index contributed by atoms with van der Waals surface area (Å²) in [6.45, 7) is 4.31. The van der Waals surface area contributed by atoms with Crippen LogP contribution >= 0.6 is 11.3 Å². The van der Waals surface area contributed by atoms with Crippen molar-refractivity contribution in [3.63, 3.8) is 0 Å². The molecule has 1 aromatic heterocycles. The third-order valence-corrected chi connectivity index (χ3v) is 4.12. The Labute approximate surface area is 117 Å². The van der Waals surface area contributed by atoms with Crippen LogP contribution in [0.4, 0.5) is 5.69 Å². The summed E-state index contributed by atoms with van der Waals surface area (Å²) in [5.74, 6) is 0.954. The van der Waals surface area contributed by atoms with E-state index in [4.69, 9.17) is 4.74 Å². The van der Waals surface area contributed by atoms with E-state index in [9.17, 15) is 4.79 Å². The molecule has 0 aliphatic rings. The second-order valence-corrected chi connectivity index (χ2v) is 5.26. The van der Waals surface area contributed by atoms with Gasteiger partial charge < -0.3 is 10.1 Å². The molecule has 0 saturated heterocycles. The first-order valence-corrected chi connectivity index (χ1v) is 6.95. The van der Waals surface area contributed by atoms with Crippen molar-refractivity contribution in [1.82, 2.24) is 0 Å². The number of ether oxygens (including phenoxy) is 1. The zero-order valence-corrected chi connectivity index (χ0v) is 12.1. The van der Waals surface area contributed by atoms with Crippen molar-refractivity contribution in [1.29, 1.82) is 0 Å². The van der Waals surface area contributed by atoms with Crippen LogP contribution in [0.2, 0.25) is 0 Å². The number of hydrogen-bond acceptors (Lipinski definition) is 4. The van der Waals surface area contributed by atoms with E-state index in [0.717, 1.165) is 27.4 Å². The molecule has 1 heterocycles. The molecule has 3 nitrogen and oxygen atoms in total. The van der Waals surface area contributed by atoms with Gasteiger partial charge in [-0.25, -0.2) is 0 Å². The van der Waals surface area contributed by atoms with Gasteiger partial charge in [0.05, 0.1) is 17.7 Å². The molecule has 0 fully saturated rings. The molecule has 100 valence electrons. The summed E-state index contributed by atoms with van der Waals surface area (Å²) < 4.78 is 5.13. The van der Waals surface area contributed by atoms with E-state index in [0.29, 0.717) is 6.54 Å². The zero-order chi connectivity index (χ0) is 13.8. The second kappa shape index (κ2) is 5.89. The van der Waals surface area contributed by atoms with Crippen molar-refractivity contribution < 1.29 is 9.53 Å². The normalized spacial score (nSPS) is 10.3. The molecule has 4 heteroatoms. The van der Waals surface area contributed by atoms with Gasteiger partial charge in [0, 0.05) is 13.5 Å². The molecular weight excluding hydrogens is 258 g/mol. The number of nitrogens with one attached hydrogen (secondary N) is 1. The van der Waals surface area contributed by atoms with Gasteiger partial charge in [-0.1, -0.05) is 12.1 Å². The number of hydrogen-bond donors (Lipinski definition) is 1. The summed E-state index contributed by atoms with van der Waals surface area (Å²) in [6.07, 6.45) is 0. The van der Waals surface area contributed by atoms with Crippen LogP contribution < -0.4 is 10.1 Å². The molecule has 2 aromatic rings. The first-order chi connectivity index (χ1) is 9.11. The van der Waals surface area contributed by atoms with E-state index in [2.05, 4.69) is 5.32 Å². The highest BCUT2D eigenvalue weighted by molar-refractivity contribution is 7.12. The van der Waals surface area contributed by atoms with Gasteiger partial charge in [0.2, 0.25) is 0 Å². The van der Waals surface area contributed by atoms with E-state index in [1.165, 1.54) is 11.3 Å². The zero-order valence-electron chi connectivity index (χ0n) is 11.3. The second-order valence-electron chi connectivity index (χ2n) is 4.38. The molecule has 2 rings (SSSR count). The molecule has 0 bridgehead atoms. The van der Waals surface area contributed by atoms with Gasteiger partial charge in [-0.3, -0.25) is 4.79 Å². The third-order valence-electron chi connectivity index (χ3n) is 2.92. The Hall–Kier alpha value is -1.81. The van der Waals surface area contributed by atoms with Crippen molar-refractivity contribution in [3.8, 4) is 5.75 Å². The topological polar surface area (TPSA) is 38.3 Å². The standard InChI is InChI=1S/C15H17NO2S/c1-10-9-19-15(11(2)17)14(10)16-8-12-4-6-13(18-3)7-5-12/h4-7,9,16H,8H2,1-3H3. The molecule has 0 atom stereocenters. The minimum absolute atomic E-state index is 0.107. The lowest BCUT2D eigenvalue weighted by atomic mass is 10.2. The fourth-order valence-electron chi connectivity index (χ4n) is 1.86. The molecule has 0 spiro atoms. The Balaban J connectivity index is 2.09. The van der Waals surface area contributed by atoms with Crippen molar-refractivity contribution in [2.75, 3.05) is 12.4 Å². The number of rotatable bonds is 5. The Morgan fingerprint density at radius 3 is 2.58 bits per heavy atom. The summed E-state index contributed by atoms with van der Waals surface area (Å²) in [5, 5.41) is 5.35. The number of thiophene rings is 1. The van der Waals surface area contributed by atoms with Gasteiger partial charge in [0.1, 0.15) is 5.75 Å². The van der Waals surface area contributed by atoms with Crippen LogP contribution in [0.25, 0.3) is 0 Å². The molecular formula is C15H17NO2S. The van der Waals surface area contributed by atoms with E-state index in [1.807, 2.05) is 36.6 Å². The first kappa shape index (κ1) is 13.6. The van der Waals surface area contributed by atoms with Gasteiger partial charge in [0.15, 0.2) is 5.78 Å². The number of anilines is 1. The molecule has 0 aliphatic heterocycles. The maximum Gasteiger partial charge on any atom is 0.171 e. The van der Waals surface area contributed by atoms with Crippen LogP contribution in [0.3, 0.4) is 0 Å². The highest BCUT2D eigenvalue weighted by Gasteiger charge is 2.12. The average molecular weight is 275 g/mol. The predicted octanol–water partition coefficient (Wildman–Crippen LogP) is 3.88. The quantitative estimate of drug-likeness (QED) is 0.842. The molecule has 0 aliphatic carbocycles. The molecule has 0 amide bonds. The SMILES string of the molecule is COc1ccc(CNc2c(C)csc2C(C)=O)cc1. The maximum absolute atomic E-state index is 11.5. The van der Waals surface area contributed by atoms with Crippen molar-refractivity contribution in [3.05, 3.63) is 45.6 Å². The molecule has 1 N–H and O–H groups in total. The summed E-state index contributed by atoms with van der Waals surface area (Å²) in [6, 6.07) is 7.90. The smallest absolute Gasteiger partial charge is 0.171 e. The molecule has 0 radical (unpaired) electrons. The Morgan fingerprint density at radius 2 is 2.00 bits per heavy atom. The Bertz CT molecular complexity index is 572. The van der Waals surface area contributed by atoms with Crippen LogP contribution in [0.5, 0.6) is 5.75 Å². The van der Waals surface area contributed by atoms with Crippen LogP contribution in [0, 0.1) is 6.92 Å². The summed E-state index contributed by atoms with van der Waals surface area (Å²) in [7, 11) is 1.65. The lowest BCUT2D eigenvalue weighted by Gasteiger charge is -2.08. The monoisotopic (exact) mass is 275 g/mol. The molecule has 0 unspecified atom stereocenters. The van der Waals surface area contributed by atoms with Crippen molar-refractivity contribution >= 4 is 22.8 Å². The van der Waals surface area contributed by atoms with Gasteiger partial charge in [-0.15, -0.1) is 11.3 Å². The summed E-state index contributed by atoms with van der Waals surface area (Å²) in [5.41, 5.74) is 3.22. The fraction of sp³-hybridized carbons (Fsp3) is 0.267. The van der Waals surface area contributed by atoms with Crippen LogP contribution in [-0.2, 0) is 6.54 Å². The number of carbonyl (C=O) groups is 1. The van der Waals surface area contributed by atoms with Crippen LogP contribution in [0.15, 0.2) is 29.6 Å². The van der Waals surface area contributed by atoms with Crippen LogP contribution in [-0.4, -0.2) is 12.9 Å². The number of methoxy groups -OCH3 is 1. The number of benzene rings is 1. The van der Waals surface area contributed by atoms with E-state index >= 15 is 0 Å². The van der Waals surface area contributed by atoms with Gasteiger partial charge in [0.25, 0.3) is 0 Å². The molecule has 19 heavy (non-hydrogen) atoms. The fourth-order valence-corrected chi connectivity index (χ4v) is 2.79. The highest BCUT2D eigenvalue weighted by Crippen LogP contribution is 2.28. The molecule has 0 saturated carbocycles. The first-order valence-electron chi connectivity index (χ1n) is 6.07. The Morgan fingerprint density at radius 1 is 1.32 bits per heavy atom. The van der Waals surface area contributed by atoms with Gasteiger partial charge in [-0.05, 0) is 35.6 Å². The summed E-state index contributed by atoms with van der Waals surface area (Å²) >= 11 is 1.49. The van der Waals surface area contributed by atoms with Gasteiger partial charge >= 0.3 is 0 Å². The van der Waals surface area contributed by atoms with Crippen molar-refractivity contribution in [2.24, 2.45) is 0 Å². The Kier molecular flexibility index (Phi) is 4.22. The lowest BCUT2D eigenvalue weighted by molar-refractivity contribution is 0.102. The third kappa shape index (κ3) is 3.15. The largest absolute Gasteiger partial charge is 0.497 e. The summed E-state index contributed by atoms with van der Waals surface area (Å²) in [4.78, 5) is 12.3. The minimum Gasteiger partial charge on any atom is -0.497 e. The maximum atomic E-state index is 11.5. The predicted molar refractivity (Wildman–Crippen MR) is 79.4 cm³/mol. The van der Waals surface area contributed by atoms with E-state index in [-0.39, 0.29) is 5.78 Å². The highest BCUT2D eigenvalue weighted by atomic mass is 32.1. The minimum atomic E-state index is 0.107. The number of ketones is 1. The van der Waals surface area contributed by atoms with E-state index in [1.54, 1.807) is 14.0 Å². The average Bonchev–Trinajstić information content (AvgIpc) is 2.78. The van der Waals surface area contributed by atoms with Crippen LogP contribution in [0.1, 0.15) is 27.7 Å². The number of aryl methyl sites for hydroxylation is 1. The van der Waals surface area contributed by atoms with Gasteiger partial charge in [-0.2, -0.15) is 0 Å².